The lowest BCUT2D eigenvalue weighted by Gasteiger charge is -2.37. The first-order valence-electron chi connectivity index (χ1n) is 14.8. The second-order valence-corrected chi connectivity index (χ2v) is 15.4. The van der Waals surface area contributed by atoms with Crippen molar-refractivity contribution in [3.63, 3.8) is 0 Å². The minimum atomic E-state index is -2.84. The van der Waals surface area contributed by atoms with E-state index in [0.717, 1.165) is 33.8 Å². The zero-order chi connectivity index (χ0) is 28.1. The molecular weight excluding hydrogens is 541 g/mol. The summed E-state index contributed by atoms with van der Waals surface area (Å²) >= 11 is 0. The Kier molecular flexibility index (Phi) is 4.56. The van der Waals surface area contributed by atoms with Gasteiger partial charge < -0.3 is 14.0 Å². The predicted molar refractivity (Wildman–Crippen MR) is 178 cm³/mol. The fourth-order valence-electron chi connectivity index (χ4n) is 8.00. The molecule has 0 unspecified atom stereocenters. The van der Waals surface area contributed by atoms with Crippen molar-refractivity contribution in [3.05, 3.63) is 146 Å². The summed E-state index contributed by atoms with van der Waals surface area (Å²) in [6.45, 7) is 0.0510. The van der Waals surface area contributed by atoms with E-state index in [2.05, 4.69) is 144 Å². The topological polar surface area (TPSA) is 23.4 Å². The third-order valence-corrected chi connectivity index (χ3v) is 14.4. The van der Waals surface area contributed by atoms with Crippen LogP contribution in [0.25, 0.3) is 16.6 Å². The van der Waals surface area contributed by atoms with Crippen LogP contribution in [0.1, 0.15) is 0 Å². The average Bonchev–Trinajstić information content (AvgIpc) is 3.60. The van der Waals surface area contributed by atoms with Crippen LogP contribution < -0.4 is 46.7 Å². The summed E-state index contributed by atoms with van der Waals surface area (Å²) in [6, 6.07) is 52.9. The molecule has 0 radical (unpaired) electrons. The standard InChI is InChI=1S/C38H24BNO2Si/c1-4-13-25(14-5-1)43(26-15-6-2-7-16-26,27-17-8-3-9-18-27)33-24-23-32-35-36(33)40-29-20-11-10-19-28(29)37-38(40)39(35)34-30(41-32)21-12-22-31(34)42-37/h1-24H. The lowest BCUT2D eigenvalue weighted by Crippen LogP contribution is -2.75. The summed E-state index contributed by atoms with van der Waals surface area (Å²) in [4.78, 5) is 0. The molecule has 6 aromatic carbocycles. The number of rotatable bonds is 4. The third kappa shape index (κ3) is 2.85. The molecular formula is C38H24BNO2Si. The van der Waals surface area contributed by atoms with Crippen LogP contribution in [0.5, 0.6) is 23.0 Å². The van der Waals surface area contributed by atoms with Crippen molar-refractivity contribution < 1.29 is 9.47 Å². The van der Waals surface area contributed by atoms with E-state index in [9.17, 15) is 0 Å². The Labute approximate surface area is 250 Å². The highest BCUT2D eigenvalue weighted by Crippen LogP contribution is 2.43. The summed E-state index contributed by atoms with van der Waals surface area (Å²) in [7, 11) is -2.84. The number of aromatic nitrogens is 1. The first-order chi connectivity index (χ1) is 21.4. The van der Waals surface area contributed by atoms with Crippen LogP contribution in [0, 0.1) is 0 Å². The summed E-state index contributed by atoms with van der Waals surface area (Å²) < 4.78 is 16.0. The van der Waals surface area contributed by atoms with E-state index in [-0.39, 0.29) is 6.71 Å². The van der Waals surface area contributed by atoms with E-state index in [1.807, 2.05) is 6.07 Å². The van der Waals surface area contributed by atoms with Gasteiger partial charge in [0.25, 0.3) is 6.71 Å². The molecule has 7 aromatic rings. The zero-order valence-electron chi connectivity index (χ0n) is 23.2. The van der Waals surface area contributed by atoms with Crippen LogP contribution in [-0.2, 0) is 0 Å². The molecule has 3 nitrogen and oxygen atoms in total. The fourth-order valence-corrected chi connectivity index (χ4v) is 12.9. The highest BCUT2D eigenvalue weighted by atomic mass is 28.3. The lowest BCUT2D eigenvalue weighted by molar-refractivity contribution is 0.468. The Bertz CT molecular complexity index is 2150. The SMILES string of the molecule is c1ccc([Si](c2ccccc2)(c2ccccc2)c2ccc3c4c2-n2c5c(c6ccccc62)Oc2cccc(c2B45)O3)cc1. The van der Waals surface area contributed by atoms with E-state index in [1.165, 1.54) is 43.0 Å². The number of ether oxygens (including phenoxy) is 2. The Morgan fingerprint density at radius 2 is 1.05 bits per heavy atom. The van der Waals surface area contributed by atoms with Gasteiger partial charge in [-0.2, -0.15) is 0 Å². The molecule has 5 heteroatoms. The van der Waals surface area contributed by atoms with E-state index >= 15 is 0 Å². The van der Waals surface area contributed by atoms with Crippen molar-refractivity contribution in [2.24, 2.45) is 0 Å². The molecule has 0 bridgehead atoms. The van der Waals surface area contributed by atoms with E-state index < -0.39 is 8.07 Å². The maximum Gasteiger partial charge on any atom is 0.284 e. The monoisotopic (exact) mass is 565 g/mol. The number of hydrogen-bond donors (Lipinski definition) is 0. The van der Waals surface area contributed by atoms with Crippen molar-refractivity contribution >= 4 is 63.0 Å². The van der Waals surface area contributed by atoms with Crippen LogP contribution in [0.15, 0.2) is 146 Å². The van der Waals surface area contributed by atoms with Gasteiger partial charge in [0.1, 0.15) is 23.0 Å². The quantitative estimate of drug-likeness (QED) is 0.238. The zero-order valence-corrected chi connectivity index (χ0v) is 24.2. The van der Waals surface area contributed by atoms with Gasteiger partial charge in [-0.15, -0.1) is 0 Å². The molecule has 0 fully saturated rings. The molecule has 0 saturated heterocycles. The van der Waals surface area contributed by atoms with Crippen LogP contribution >= 0.6 is 0 Å². The van der Waals surface area contributed by atoms with Crippen molar-refractivity contribution in [3.8, 4) is 28.7 Å². The van der Waals surface area contributed by atoms with Crippen molar-refractivity contribution in [1.82, 2.24) is 4.57 Å². The van der Waals surface area contributed by atoms with Crippen molar-refractivity contribution in [2.45, 2.75) is 0 Å². The van der Waals surface area contributed by atoms with Crippen LogP contribution in [0.3, 0.4) is 0 Å². The van der Waals surface area contributed by atoms with Crippen LogP contribution in [0.4, 0.5) is 0 Å². The van der Waals surface area contributed by atoms with Gasteiger partial charge in [-0.25, -0.2) is 0 Å². The number of benzene rings is 6. The molecule has 4 heterocycles. The first kappa shape index (κ1) is 23.3. The maximum absolute atomic E-state index is 6.75. The summed E-state index contributed by atoms with van der Waals surface area (Å²) in [5.41, 5.74) is 6.01. The Balaban J connectivity index is 1.42. The van der Waals surface area contributed by atoms with Gasteiger partial charge in [0.2, 0.25) is 0 Å². The summed E-state index contributed by atoms with van der Waals surface area (Å²) in [6.07, 6.45) is 0. The van der Waals surface area contributed by atoms with E-state index in [0.29, 0.717) is 0 Å². The molecule has 1 aromatic heterocycles. The van der Waals surface area contributed by atoms with Gasteiger partial charge in [-0.05, 0) is 56.5 Å². The number of fused-ring (bicyclic) bond motifs is 4. The van der Waals surface area contributed by atoms with Gasteiger partial charge in [-0.3, -0.25) is 0 Å². The largest absolute Gasteiger partial charge is 0.458 e. The normalized spacial score (nSPS) is 13.4. The minimum Gasteiger partial charge on any atom is -0.458 e. The first-order valence-corrected chi connectivity index (χ1v) is 16.8. The van der Waals surface area contributed by atoms with E-state index in [4.69, 9.17) is 9.47 Å². The van der Waals surface area contributed by atoms with Gasteiger partial charge in [0.15, 0.2) is 8.07 Å². The van der Waals surface area contributed by atoms with Crippen molar-refractivity contribution in [1.29, 1.82) is 0 Å². The second-order valence-electron chi connectivity index (χ2n) is 11.6. The van der Waals surface area contributed by atoms with Gasteiger partial charge >= 0.3 is 0 Å². The number of hydrogen-bond acceptors (Lipinski definition) is 2. The Hall–Kier alpha value is -5.26. The van der Waals surface area contributed by atoms with Crippen molar-refractivity contribution in [2.75, 3.05) is 0 Å². The second kappa shape index (κ2) is 8.40. The lowest BCUT2D eigenvalue weighted by atomic mass is 9.37. The molecule has 10 rings (SSSR count). The molecule has 3 aliphatic heterocycles. The molecule has 0 amide bonds. The molecule has 0 atom stereocenters. The Morgan fingerprint density at radius 3 is 1.70 bits per heavy atom. The van der Waals surface area contributed by atoms with Gasteiger partial charge in [-0.1, -0.05) is 115 Å². The van der Waals surface area contributed by atoms with Crippen LogP contribution in [0.2, 0.25) is 0 Å². The molecule has 0 aliphatic carbocycles. The smallest absolute Gasteiger partial charge is 0.284 e. The number of para-hydroxylation sites is 1. The van der Waals surface area contributed by atoms with Crippen LogP contribution in [-0.4, -0.2) is 19.4 Å². The average molecular weight is 566 g/mol. The van der Waals surface area contributed by atoms with Gasteiger partial charge in [0, 0.05) is 22.1 Å². The third-order valence-electron chi connectivity index (χ3n) is 9.60. The molecule has 3 aliphatic rings. The highest BCUT2D eigenvalue weighted by molar-refractivity contribution is 7.20. The minimum absolute atomic E-state index is 0.0510. The molecule has 0 spiro atoms. The highest BCUT2D eigenvalue weighted by Gasteiger charge is 2.53. The maximum atomic E-state index is 6.75. The summed E-state index contributed by atoms with van der Waals surface area (Å²) in [5, 5.41) is 6.57. The molecule has 0 saturated carbocycles. The predicted octanol–water partition coefficient (Wildman–Crippen LogP) is 4.05. The molecule has 200 valence electrons. The van der Waals surface area contributed by atoms with E-state index in [1.54, 1.807) is 0 Å². The summed E-state index contributed by atoms with van der Waals surface area (Å²) in [5.74, 6) is 3.67. The number of nitrogens with zero attached hydrogens (tertiary/aromatic N) is 1. The molecule has 0 N–H and O–H groups in total. The Morgan fingerprint density at radius 1 is 0.488 bits per heavy atom. The van der Waals surface area contributed by atoms with Gasteiger partial charge in [0.05, 0.1) is 5.52 Å². The molecule has 43 heavy (non-hydrogen) atoms. The fraction of sp³-hybridized carbons (Fsp3) is 0.